The van der Waals surface area contributed by atoms with Crippen molar-refractivity contribution in [3.8, 4) is 0 Å². The largest absolute Gasteiger partial charge is 0.336 e. The summed E-state index contributed by atoms with van der Waals surface area (Å²) in [4.78, 5) is 24.9. The van der Waals surface area contributed by atoms with Gasteiger partial charge in [0, 0.05) is 37.8 Å². The molecule has 1 saturated heterocycles. The second-order valence-corrected chi connectivity index (χ2v) is 9.84. The van der Waals surface area contributed by atoms with Crippen LogP contribution in [0, 0.1) is 10.1 Å². The Morgan fingerprint density at radius 2 is 1.74 bits per heavy atom. The summed E-state index contributed by atoms with van der Waals surface area (Å²) in [5, 5.41) is 11.0. The third-order valence-corrected chi connectivity index (χ3v) is 7.85. The number of nitro groups is 1. The Bertz CT molecular complexity index is 1080. The lowest BCUT2D eigenvalue weighted by Crippen LogP contribution is -2.50. The van der Waals surface area contributed by atoms with E-state index in [4.69, 9.17) is 11.6 Å². The number of benzene rings is 2. The standard InChI is InChI=1S/C21H24ClN3O5S/c1-3-15(2)16-4-7-18(8-5-16)31(29,30)24-12-10-23(11-13-24)21(26)17-6-9-19(22)20(14-17)25(27)28/h4-9,14-15H,3,10-13H2,1-2H3. The van der Waals surface area contributed by atoms with E-state index >= 15 is 0 Å². The van der Waals surface area contributed by atoms with Crippen molar-refractivity contribution in [2.75, 3.05) is 26.2 Å². The summed E-state index contributed by atoms with van der Waals surface area (Å²) in [6.07, 6.45) is 0.971. The maximum atomic E-state index is 13.0. The first-order chi connectivity index (χ1) is 14.6. The van der Waals surface area contributed by atoms with Gasteiger partial charge in [-0.1, -0.05) is 37.6 Å². The van der Waals surface area contributed by atoms with E-state index in [-0.39, 0.29) is 47.3 Å². The van der Waals surface area contributed by atoms with Gasteiger partial charge in [-0.15, -0.1) is 0 Å². The predicted octanol–water partition coefficient (Wildman–Crippen LogP) is 3.91. The zero-order valence-electron chi connectivity index (χ0n) is 17.3. The van der Waals surface area contributed by atoms with Crippen LogP contribution in [0.25, 0.3) is 0 Å². The monoisotopic (exact) mass is 465 g/mol. The number of sulfonamides is 1. The molecule has 1 aliphatic heterocycles. The van der Waals surface area contributed by atoms with Gasteiger partial charge < -0.3 is 4.90 Å². The number of rotatable bonds is 6. The zero-order chi connectivity index (χ0) is 22.8. The Balaban J connectivity index is 1.69. The minimum absolute atomic E-state index is 0.0446. The van der Waals surface area contributed by atoms with Gasteiger partial charge in [-0.25, -0.2) is 8.42 Å². The molecule has 1 fully saturated rings. The Labute approximate surface area is 186 Å². The molecule has 0 bridgehead atoms. The van der Waals surface area contributed by atoms with Gasteiger partial charge in [0.25, 0.3) is 11.6 Å². The molecule has 1 unspecified atom stereocenters. The first-order valence-electron chi connectivity index (χ1n) is 9.98. The number of carbonyl (C=O) groups is 1. The van der Waals surface area contributed by atoms with Crippen LogP contribution in [-0.2, 0) is 10.0 Å². The van der Waals surface area contributed by atoms with E-state index in [0.29, 0.717) is 5.92 Å². The lowest BCUT2D eigenvalue weighted by Gasteiger charge is -2.34. The minimum atomic E-state index is -3.66. The smallest absolute Gasteiger partial charge is 0.288 e. The number of nitrogens with zero attached hydrogens (tertiary/aromatic N) is 3. The normalized spacial score (nSPS) is 16.2. The van der Waals surface area contributed by atoms with Gasteiger partial charge >= 0.3 is 0 Å². The van der Waals surface area contributed by atoms with Crippen LogP contribution in [0.3, 0.4) is 0 Å². The maximum absolute atomic E-state index is 13.0. The van der Waals surface area contributed by atoms with Gasteiger partial charge in [0.2, 0.25) is 10.0 Å². The molecule has 166 valence electrons. The molecule has 1 atom stereocenters. The molecule has 8 nitrogen and oxygen atoms in total. The molecule has 2 aromatic rings. The van der Waals surface area contributed by atoms with Crippen LogP contribution in [0.2, 0.25) is 5.02 Å². The highest BCUT2D eigenvalue weighted by Crippen LogP contribution is 2.27. The molecule has 10 heteroatoms. The van der Waals surface area contributed by atoms with Gasteiger partial charge in [0.05, 0.1) is 9.82 Å². The predicted molar refractivity (Wildman–Crippen MR) is 118 cm³/mol. The molecule has 0 aliphatic carbocycles. The van der Waals surface area contributed by atoms with Gasteiger partial charge in [-0.3, -0.25) is 14.9 Å². The van der Waals surface area contributed by atoms with Crippen molar-refractivity contribution >= 4 is 33.2 Å². The summed E-state index contributed by atoms with van der Waals surface area (Å²) in [5.74, 6) is -0.0373. The molecule has 0 aromatic heterocycles. The Morgan fingerprint density at radius 3 is 2.29 bits per heavy atom. The lowest BCUT2D eigenvalue weighted by molar-refractivity contribution is -0.384. The van der Waals surface area contributed by atoms with Crippen molar-refractivity contribution in [2.24, 2.45) is 0 Å². The van der Waals surface area contributed by atoms with E-state index in [1.807, 2.05) is 12.1 Å². The molecule has 0 N–H and O–H groups in total. The molecule has 1 heterocycles. The lowest BCUT2D eigenvalue weighted by atomic mass is 9.99. The number of amides is 1. The average Bonchev–Trinajstić information content (AvgIpc) is 2.78. The fourth-order valence-electron chi connectivity index (χ4n) is 3.45. The molecule has 1 amide bonds. The highest BCUT2D eigenvalue weighted by atomic mass is 35.5. The van der Waals surface area contributed by atoms with Crippen LogP contribution in [0.4, 0.5) is 5.69 Å². The van der Waals surface area contributed by atoms with E-state index in [2.05, 4.69) is 13.8 Å². The minimum Gasteiger partial charge on any atom is -0.336 e. The van der Waals surface area contributed by atoms with Crippen LogP contribution in [0.1, 0.15) is 42.1 Å². The van der Waals surface area contributed by atoms with Crippen molar-refractivity contribution in [3.63, 3.8) is 0 Å². The van der Waals surface area contributed by atoms with E-state index in [1.54, 1.807) is 12.1 Å². The van der Waals surface area contributed by atoms with Gasteiger partial charge in [-0.05, 0) is 42.2 Å². The quantitative estimate of drug-likeness (QED) is 0.475. The van der Waals surface area contributed by atoms with Gasteiger partial charge in [-0.2, -0.15) is 4.31 Å². The number of carbonyl (C=O) groups excluding carboxylic acids is 1. The summed E-state index contributed by atoms with van der Waals surface area (Å²) in [6.45, 7) is 4.86. The molecular weight excluding hydrogens is 442 g/mol. The first kappa shape index (κ1) is 23.2. The van der Waals surface area contributed by atoms with Crippen molar-refractivity contribution in [2.45, 2.75) is 31.1 Å². The van der Waals surface area contributed by atoms with Crippen LogP contribution in [0.5, 0.6) is 0 Å². The first-order valence-corrected chi connectivity index (χ1v) is 11.8. The molecular formula is C21H24ClN3O5S. The number of nitro benzene ring substituents is 1. The fourth-order valence-corrected chi connectivity index (χ4v) is 5.06. The van der Waals surface area contributed by atoms with Crippen LogP contribution >= 0.6 is 11.6 Å². The summed E-state index contributed by atoms with van der Waals surface area (Å²) in [6, 6.07) is 10.8. The second-order valence-electron chi connectivity index (χ2n) is 7.50. The van der Waals surface area contributed by atoms with E-state index in [0.717, 1.165) is 18.1 Å². The SMILES string of the molecule is CCC(C)c1ccc(S(=O)(=O)N2CCN(C(=O)c3ccc(Cl)c([N+](=O)[O-])c3)CC2)cc1. The topological polar surface area (TPSA) is 101 Å². The molecule has 2 aromatic carbocycles. The molecule has 0 spiro atoms. The molecule has 3 rings (SSSR count). The number of piperazine rings is 1. The van der Waals surface area contributed by atoms with Crippen LogP contribution in [-0.4, -0.2) is 54.6 Å². The molecule has 0 saturated carbocycles. The van der Waals surface area contributed by atoms with E-state index in [1.165, 1.54) is 21.3 Å². The molecule has 0 radical (unpaired) electrons. The second kappa shape index (κ2) is 9.33. The summed E-state index contributed by atoms with van der Waals surface area (Å²) in [7, 11) is -3.66. The third kappa shape index (κ3) is 4.89. The summed E-state index contributed by atoms with van der Waals surface area (Å²) >= 11 is 5.80. The number of halogens is 1. The van der Waals surface area contributed by atoms with Gasteiger partial charge in [0.1, 0.15) is 5.02 Å². The third-order valence-electron chi connectivity index (χ3n) is 5.61. The van der Waals surface area contributed by atoms with E-state index < -0.39 is 20.9 Å². The van der Waals surface area contributed by atoms with Crippen LogP contribution < -0.4 is 0 Å². The zero-order valence-corrected chi connectivity index (χ0v) is 18.9. The highest BCUT2D eigenvalue weighted by molar-refractivity contribution is 7.89. The van der Waals surface area contributed by atoms with Crippen molar-refractivity contribution in [3.05, 3.63) is 68.7 Å². The Hall–Kier alpha value is -2.49. The maximum Gasteiger partial charge on any atom is 0.288 e. The van der Waals surface area contributed by atoms with Crippen molar-refractivity contribution < 1.29 is 18.1 Å². The molecule has 1 aliphatic rings. The van der Waals surface area contributed by atoms with Crippen molar-refractivity contribution in [1.82, 2.24) is 9.21 Å². The molecule has 31 heavy (non-hydrogen) atoms. The Kier molecular flexibility index (Phi) is 6.98. The summed E-state index contributed by atoms with van der Waals surface area (Å²) < 4.78 is 27.3. The van der Waals surface area contributed by atoms with Gasteiger partial charge in [0.15, 0.2) is 0 Å². The number of hydrogen-bond donors (Lipinski definition) is 0. The average molecular weight is 466 g/mol. The number of hydrogen-bond acceptors (Lipinski definition) is 5. The van der Waals surface area contributed by atoms with Crippen molar-refractivity contribution in [1.29, 1.82) is 0 Å². The fraction of sp³-hybridized carbons (Fsp3) is 0.381. The summed E-state index contributed by atoms with van der Waals surface area (Å²) in [5.41, 5.74) is 0.900. The highest BCUT2D eigenvalue weighted by Gasteiger charge is 2.31. The van der Waals surface area contributed by atoms with Crippen LogP contribution in [0.15, 0.2) is 47.4 Å². The Morgan fingerprint density at radius 1 is 1.13 bits per heavy atom. The van der Waals surface area contributed by atoms with E-state index in [9.17, 15) is 23.3 Å².